The highest BCUT2D eigenvalue weighted by atomic mass is 32.2. The van der Waals surface area contributed by atoms with Crippen LogP contribution in [0.1, 0.15) is 12.0 Å². The lowest BCUT2D eigenvalue weighted by Gasteiger charge is -2.07. The largest absolute Gasteiger partial charge is 0.497 e. The molecule has 2 rings (SSSR count). The Labute approximate surface area is 170 Å². The Kier molecular flexibility index (Phi) is 7.93. The van der Waals surface area contributed by atoms with Crippen LogP contribution in [0.3, 0.4) is 0 Å². The zero-order valence-corrected chi connectivity index (χ0v) is 17.0. The molecule has 2 aromatic rings. The smallest absolute Gasteiger partial charge is 0.244 e. The highest BCUT2D eigenvalue weighted by Crippen LogP contribution is 2.14. The van der Waals surface area contributed by atoms with Gasteiger partial charge in [0.25, 0.3) is 0 Å². The van der Waals surface area contributed by atoms with Gasteiger partial charge in [0.15, 0.2) is 0 Å². The minimum absolute atomic E-state index is 0.0820. The lowest BCUT2D eigenvalue weighted by Crippen LogP contribution is -2.26. The summed E-state index contributed by atoms with van der Waals surface area (Å²) in [4.78, 5) is 23.9. The van der Waals surface area contributed by atoms with Gasteiger partial charge in [-0.3, -0.25) is 9.59 Å². The second-order valence-electron chi connectivity index (χ2n) is 5.93. The van der Waals surface area contributed by atoms with Crippen LogP contribution in [0.2, 0.25) is 0 Å². The predicted octanol–water partition coefficient (Wildman–Crippen LogP) is 1.76. The number of carbonyl (C=O) groups is 2. The van der Waals surface area contributed by atoms with Crippen molar-refractivity contribution in [3.05, 3.63) is 60.2 Å². The van der Waals surface area contributed by atoms with E-state index in [1.165, 1.54) is 37.4 Å². The molecule has 29 heavy (non-hydrogen) atoms. The van der Waals surface area contributed by atoms with Gasteiger partial charge >= 0.3 is 0 Å². The third kappa shape index (κ3) is 7.05. The van der Waals surface area contributed by atoms with Crippen LogP contribution in [-0.2, 0) is 19.6 Å². The Morgan fingerprint density at radius 1 is 1.03 bits per heavy atom. The van der Waals surface area contributed by atoms with Gasteiger partial charge in [0.05, 0.1) is 12.0 Å². The summed E-state index contributed by atoms with van der Waals surface area (Å²) in [5, 5.41) is 5.28. The number of carbonyl (C=O) groups excluding carboxylic acids is 2. The molecule has 0 spiro atoms. The quantitative estimate of drug-likeness (QED) is 0.538. The fourth-order valence-corrected chi connectivity index (χ4v) is 3.03. The Hall–Kier alpha value is -3.17. The van der Waals surface area contributed by atoms with Crippen molar-refractivity contribution in [3.63, 3.8) is 0 Å². The molecule has 3 N–H and O–H groups in total. The molecule has 2 amide bonds. The van der Waals surface area contributed by atoms with E-state index in [4.69, 9.17) is 4.74 Å². The summed E-state index contributed by atoms with van der Waals surface area (Å²) in [6, 6.07) is 13.0. The van der Waals surface area contributed by atoms with Crippen LogP contribution in [0.25, 0.3) is 6.08 Å². The molecule has 0 radical (unpaired) electrons. The Morgan fingerprint density at radius 2 is 1.69 bits per heavy atom. The standard InChI is InChI=1S/C20H23N3O5S/c1-21-29(26,27)18-10-6-16(7-11-18)23-20(25)13-14-22-19(24)12-5-15-3-8-17(28-2)9-4-15/h3-12,21H,13-14H2,1-2H3,(H,22,24)(H,23,25)/b12-5+. The van der Waals surface area contributed by atoms with Gasteiger partial charge in [-0.1, -0.05) is 12.1 Å². The summed E-state index contributed by atoms with van der Waals surface area (Å²) in [6.45, 7) is 0.170. The van der Waals surface area contributed by atoms with E-state index in [9.17, 15) is 18.0 Å². The molecule has 0 atom stereocenters. The summed E-state index contributed by atoms with van der Waals surface area (Å²) >= 11 is 0. The van der Waals surface area contributed by atoms with Crippen molar-refractivity contribution in [2.45, 2.75) is 11.3 Å². The van der Waals surface area contributed by atoms with Crippen LogP contribution < -0.4 is 20.1 Å². The van der Waals surface area contributed by atoms with E-state index in [-0.39, 0.29) is 29.7 Å². The van der Waals surface area contributed by atoms with Crippen LogP contribution in [0, 0.1) is 0 Å². The number of amides is 2. The summed E-state index contributed by atoms with van der Waals surface area (Å²) in [7, 11) is -0.613. The first-order valence-corrected chi connectivity index (χ1v) is 10.3. The molecule has 0 aliphatic rings. The van der Waals surface area contributed by atoms with Gasteiger partial charge in [-0.2, -0.15) is 0 Å². The number of methoxy groups -OCH3 is 1. The number of nitrogens with one attached hydrogen (secondary N) is 3. The van der Waals surface area contributed by atoms with Gasteiger partial charge in [-0.05, 0) is 55.1 Å². The highest BCUT2D eigenvalue weighted by Gasteiger charge is 2.11. The van der Waals surface area contributed by atoms with Crippen LogP contribution in [-0.4, -0.2) is 40.9 Å². The Balaban J connectivity index is 1.76. The van der Waals surface area contributed by atoms with Gasteiger partial charge in [0.1, 0.15) is 5.75 Å². The maximum Gasteiger partial charge on any atom is 0.244 e. The van der Waals surface area contributed by atoms with Crippen molar-refractivity contribution in [1.82, 2.24) is 10.0 Å². The molecule has 9 heteroatoms. The number of anilines is 1. The van der Waals surface area contributed by atoms with Crippen molar-refractivity contribution in [3.8, 4) is 5.75 Å². The first-order chi connectivity index (χ1) is 13.8. The topological polar surface area (TPSA) is 114 Å². The third-order valence-electron chi connectivity index (χ3n) is 3.91. The Morgan fingerprint density at radius 3 is 2.28 bits per heavy atom. The van der Waals surface area contributed by atoms with Gasteiger partial charge in [0, 0.05) is 24.7 Å². The van der Waals surface area contributed by atoms with E-state index in [1.807, 2.05) is 12.1 Å². The second kappa shape index (κ2) is 10.4. The van der Waals surface area contributed by atoms with E-state index >= 15 is 0 Å². The van der Waals surface area contributed by atoms with Crippen molar-refractivity contribution in [2.75, 3.05) is 26.0 Å². The van der Waals surface area contributed by atoms with Gasteiger partial charge in [-0.15, -0.1) is 0 Å². The second-order valence-corrected chi connectivity index (χ2v) is 7.81. The van der Waals surface area contributed by atoms with Crippen molar-refractivity contribution >= 4 is 33.6 Å². The molecular weight excluding hydrogens is 394 g/mol. The van der Waals surface area contributed by atoms with Gasteiger partial charge in [0.2, 0.25) is 21.8 Å². The molecule has 0 heterocycles. The number of hydrogen-bond acceptors (Lipinski definition) is 5. The molecule has 0 aliphatic heterocycles. The van der Waals surface area contributed by atoms with Crippen LogP contribution in [0.5, 0.6) is 5.75 Å². The van der Waals surface area contributed by atoms with E-state index in [0.29, 0.717) is 5.69 Å². The third-order valence-corrected chi connectivity index (χ3v) is 5.34. The lowest BCUT2D eigenvalue weighted by atomic mass is 10.2. The molecule has 0 aromatic heterocycles. The zero-order valence-electron chi connectivity index (χ0n) is 16.1. The van der Waals surface area contributed by atoms with Gasteiger partial charge < -0.3 is 15.4 Å². The van der Waals surface area contributed by atoms with E-state index in [0.717, 1.165) is 11.3 Å². The minimum Gasteiger partial charge on any atom is -0.497 e. The van der Waals surface area contributed by atoms with E-state index in [2.05, 4.69) is 15.4 Å². The fourth-order valence-electron chi connectivity index (χ4n) is 2.30. The van der Waals surface area contributed by atoms with Crippen LogP contribution in [0.4, 0.5) is 5.69 Å². The summed E-state index contributed by atoms with van der Waals surface area (Å²) in [5.41, 5.74) is 1.32. The summed E-state index contributed by atoms with van der Waals surface area (Å²) in [6.07, 6.45) is 3.13. The van der Waals surface area contributed by atoms with Crippen LogP contribution >= 0.6 is 0 Å². The molecule has 0 unspecified atom stereocenters. The average Bonchev–Trinajstić information content (AvgIpc) is 2.73. The molecular formula is C20H23N3O5S. The van der Waals surface area contributed by atoms with Crippen LogP contribution in [0.15, 0.2) is 59.5 Å². The number of rotatable bonds is 9. The molecule has 154 valence electrons. The molecule has 0 saturated heterocycles. The normalized spacial score (nSPS) is 11.2. The van der Waals surface area contributed by atoms with Gasteiger partial charge in [-0.25, -0.2) is 13.1 Å². The number of ether oxygens (including phenoxy) is 1. The highest BCUT2D eigenvalue weighted by molar-refractivity contribution is 7.89. The average molecular weight is 417 g/mol. The maximum absolute atomic E-state index is 11.9. The lowest BCUT2D eigenvalue weighted by molar-refractivity contribution is -0.117. The van der Waals surface area contributed by atoms with E-state index in [1.54, 1.807) is 25.3 Å². The number of sulfonamides is 1. The number of hydrogen-bond donors (Lipinski definition) is 3. The minimum atomic E-state index is -3.52. The molecule has 0 fully saturated rings. The fraction of sp³-hybridized carbons (Fsp3) is 0.200. The summed E-state index contributed by atoms with van der Waals surface area (Å²) < 4.78 is 30.6. The SMILES string of the molecule is CNS(=O)(=O)c1ccc(NC(=O)CCNC(=O)/C=C/c2ccc(OC)cc2)cc1. The first-order valence-electron chi connectivity index (χ1n) is 8.77. The zero-order chi connectivity index (χ0) is 21.3. The molecule has 0 bridgehead atoms. The van der Waals surface area contributed by atoms with Crippen molar-refractivity contribution in [2.24, 2.45) is 0 Å². The molecule has 0 aliphatic carbocycles. The number of benzene rings is 2. The van der Waals surface area contributed by atoms with E-state index < -0.39 is 10.0 Å². The maximum atomic E-state index is 11.9. The van der Waals surface area contributed by atoms with Crippen molar-refractivity contribution < 1.29 is 22.7 Å². The van der Waals surface area contributed by atoms with Crippen molar-refractivity contribution in [1.29, 1.82) is 0 Å². The summed E-state index contributed by atoms with van der Waals surface area (Å²) in [5.74, 6) is 0.125. The first kappa shape index (κ1) is 22.1. The molecule has 0 saturated carbocycles. The predicted molar refractivity (Wildman–Crippen MR) is 111 cm³/mol. The monoisotopic (exact) mass is 417 g/mol. The molecule has 8 nitrogen and oxygen atoms in total. The Bertz CT molecular complexity index is 968. The molecule has 2 aromatic carbocycles.